The first-order valence-electron chi connectivity index (χ1n) is 8.59. The lowest BCUT2D eigenvalue weighted by Gasteiger charge is -2.38. The van der Waals surface area contributed by atoms with Crippen LogP contribution in [-0.2, 0) is 0 Å². The molecule has 1 atom stereocenters. The standard InChI is InChI=1S/C9H18S4.C3H8S2.C3H8S.C2H6S/c1-4-11-8(10-3)9(2)12-6-5-7-13-9;1-5-3-2-4;1-3-4-2;1-2-3/h8H,4-7H2,1-3H3;4H,2-3H2,1H3;3H2,1-2H3;3H,2H2,1H3. The van der Waals surface area contributed by atoms with Crippen molar-refractivity contribution in [1.29, 1.82) is 0 Å². The van der Waals surface area contributed by atoms with E-state index in [1.807, 2.05) is 42.2 Å². The van der Waals surface area contributed by atoms with Gasteiger partial charge in [0.2, 0.25) is 0 Å². The Bertz CT molecular complexity index is 219. The summed E-state index contributed by atoms with van der Waals surface area (Å²) in [6.07, 6.45) is 7.81. The van der Waals surface area contributed by atoms with Crippen LogP contribution in [0, 0.1) is 0 Å². The molecule has 1 saturated heterocycles. The Kier molecular flexibility index (Phi) is 34.8. The predicted molar refractivity (Wildman–Crippen MR) is 149 cm³/mol. The van der Waals surface area contributed by atoms with Crippen LogP contribution in [0.2, 0.25) is 0 Å². The van der Waals surface area contributed by atoms with Crippen molar-refractivity contribution >= 4 is 95.8 Å². The molecular weight excluding hydrogens is 461 g/mol. The fourth-order valence-corrected chi connectivity index (χ4v) is 8.66. The third kappa shape index (κ3) is 22.9. The Labute approximate surface area is 196 Å². The van der Waals surface area contributed by atoms with Crippen LogP contribution in [0.4, 0.5) is 0 Å². The molecule has 1 fully saturated rings. The third-order valence-electron chi connectivity index (χ3n) is 2.61. The second-order valence-electron chi connectivity index (χ2n) is 4.70. The van der Waals surface area contributed by atoms with Gasteiger partial charge in [-0.15, -0.1) is 47.0 Å². The predicted octanol–water partition coefficient (Wildman–Crippen LogP) is 7.60. The summed E-state index contributed by atoms with van der Waals surface area (Å²) in [4.78, 5) is 0. The van der Waals surface area contributed by atoms with E-state index in [9.17, 15) is 0 Å². The summed E-state index contributed by atoms with van der Waals surface area (Å²) < 4.78 is 1.21. The summed E-state index contributed by atoms with van der Waals surface area (Å²) >= 11 is 19.9. The minimum atomic E-state index is 0.457. The highest BCUT2D eigenvalue weighted by molar-refractivity contribution is 8.24. The summed E-state index contributed by atoms with van der Waals surface area (Å²) in [5, 5.41) is 0. The molecule has 0 N–H and O–H groups in total. The van der Waals surface area contributed by atoms with Gasteiger partial charge in [-0.1, -0.05) is 20.8 Å². The quantitative estimate of drug-likeness (QED) is 0.271. The smallest absolute Gasteiger partial charge is 0.0791 e. The van der Waals surface area contributed by atoms with Crippen LogP contribution >= 0.6 is 95.8 Å². The topological polar surface area (TPSA) is 0 Å². The normalized spacial score (nSPS) is 16.2. The minimum absolute atomic E-state index is 0.457. The van der Waals surface area contributed by atoms with Gasteiger partial charge < -0.3 is 0 Å². The van der Waals surface area contributed by atoms with Crippen molar-refractivity contribution < 1.29 is 0 Å². The highest BCUT2D eigenvalue weighted by Gasteiger charge is 2.36. The first-order chi connectivity index (χ1) is 12.0. The number of hydrogen-bond acceptors (Lipinski definition) is 8. The molecule has 0 nitrogen and oxygen atoms in total. The summed E-state index contributed by atoms with van der Waals surface area (Å²) in [6, 6.07) is 0. The SMILES string of the molecule is CCS.CCSC.CCSC(SC)C1(C)SCCCS1.CSCCS. The number of hydrogen-bond donors (Lipinski definition) is 2. The number of thioether (sulfide) groups is 6. The maximum atomic E-state index is 3.98. The van der Waals surface area contributed by atoms with Crippen molar-refractivity contribution in [3.63, 3.8) is 0 Å². The van der Waals surface area contributed by atoms with Crippen LogP contribution in [0.5, 0.6) is 0 Å². The van der Waals surface area contributed by atoms with Crippen LogP contribution in [0.15, 0.2) is 0 Å². The summed E-state index contributed by atoms with van der Waals surface area (Å²) in [7, 11) is 0. The molecule has 0 saturated carbocycles. The second kappa shape index (κ2) is 26.8. The molecule has 1 aliphatic heterocycles. The Morgan fingerprint density at radius 3 is 1.68 bits per heavy atom. The monoisotopic (exact) mass is 500 g/mol. The van der Waals surface area contributed by atoms with E-state index in [-0.39, 0.29) is 0 Å². The van der Waals surface area contributed by atoms with Gasteiger partial charge in [-0.3, -0.25) is 0 Å². The van der Waals surface area contributed by atoms with Crippen LogP contribution in [-0.4, -0.2) is 67.7 Å². The molecule has 1 aliphatic rings. The number of rotatable bonds is 7. The van der Waals surface area contributed by atoms with Crippen LogP contribution in [0.25, 0.3) is 0 Å². The van der Waals surface area contributed by atoms with Crippen LogP contribution < -0.4 is 0 Å². The van der Waals surface area contributed by atoms with Gasteiger partial charge in [0.15, 0.2) is 0 Å². The third-order valence-corrected chi connectivity index (χ3v) is 11.2. The van der Waals surface area contributed by atoms with E-state index in [1.54, 1.807) is 0 Å². The van der Waals surface area contributed by atoms with Crippen LogP contribution in [0.1, 0.15) is 34.1 Å². The first kappa shape index (κ1) is 32.5. The van der Waals surface area contributed by atoms with Gasteiger partial charge >= 0.3 is 0 Å². The molecule has 0 aromatic heterocycles. The highest BCUT2D eigenvalue weighted by atomic mass is 32.2. The van der Waals surface area contributed by atoms with E-state index in [4.69, 9.17) is 0 Å². The fourth-order valence-electron chi connectivity index (χ4n) is 1.46. The van der Waals surface area contributed by atoms with E-state index < -0.39 is 0 Å². The molecular formula is C17H40S8. The Morgan fingerprint density at radius 2 is 1.44 bits per heavy atom. The molecule has 1 unspecified atom stereocenters. The lowest BCUT2D eigenvalue weighted by Crippen LogP contribution is -2.31. The fraction of sp³-hybridized carbons (Fsp3) is 1.00. The van der Waals surface area contributed by atoms with Crippen molar-refractivity contribution in [1.82, 2.24) is 0 Å². The van der Waals surface area contributed by atoms with E-state index in [0.717, 1.165) is 16.1 Å². The average Bonchev–Trinajstić information content (AvgIpc) is 2.62. The molecule has 25 heavy (non-hydrogen) atoms. The van der Waals surface area contributed by atoms with Gasteiger partial charge in [-0.25, -0.2) is 0 Å². The largest absolute Gasteiger partial charge is 0.180 e. The molecule has 156 valence electrons. The second-order valence-corrected chi connectivity index (χ2v) is 13.9. The van der Waals surface area contributed by atoms with E-state index in [0.29, 0.717) is 4.08 Å². The van der Waals surface area contributed by atoms with Gasteiger partial charge in [-0.05, 0) is 66.6 Å². The van der Waals surface area contributed by atoms with Crippen LogP contribution in [0.3, 0.4) is 0 Å². The van der Waals surface area contributed by atoms with E-state index in [1.165, 1.54) is 35.2 Å². The molecule has 0 amide bonds. The molecule has 1 heterocycles. The average molecular weight is 501 g/mol. The lowest BCUT2D eigenvalue weighted by molar-refractivity contribution is 0.958. The van der Waals surface area contributed by atoms with Gasteiger partial charge in [0.25, 0.3) is 0 Å². The maximum Gasteiger partial charge on any atom is 0.0791 e. The van der Waals surface area contributed by atoms with Gasteiger partial charge in [-0.2, -0.15) is 48.8 Å². The molecule has 8 heteroatoms. The highest BCUT2D eigenvalue weighted by Crippen LogP contribution is 2.51. The molecule has 0 aromatic rings. The summed E-state index contributed by atoms with van der Waals surface area (Å²) in [5.41, 5.74) is 0. The molecule has 0 aromatic carbocycles. The Balaban J connectivity index is -0.000000334. The maximum absolute atomic E-state index is 3.98. The zero-order valence-corrected chi connectivity index (χ0v) is 23.8. The zero-order chi connectivity index (χ0) is 20.0. The summed E-state index contributed by atoms with van der Waals surface area (Å²) in [6.45, 7) is 8.81. The Morgan fingerprint density at radius 1 is 0.960 bits per heavy atom. The van der Waals surface area contributed by atoms with Gasteiger partial charge in [0.05, 0.1) is 8.66 Å². The number of thiol groups is 2. The first-order valence-corrected chi connectivity index (χ1v) is 17.0. The molecule has 1 rings (SSSR count). The van der Waals surface area contributed by atoms with Gasteiger partial charge in [0.1, 0.15) is 0 Å². The van der Waals surface area contributed by atoms with Gasteiger partial charge in [0, 0.05) is 5.75 Å². The molecule has 0 bridgehead atoms. The lowest BCUT2D eigenvalue weighted by atomic mass is 10.5. The van der Waals surface area contributed by atoms with Crippen molar-refractivity contribution in [2.75, 3.05) is 59.0 Å². The Hall–Kier alpha value is 2.80. The molecule has 0 spiro atoms. The van der Waals surface area contributed by atoms with Crippen molar-refractivity contribution in [2.24, 2.45) is 0 Å². The van der Waals surface area contributed by atoms with E-state index >= 15 is 0 Å². The zero-order valence-electron chi connectivity index (χ0n) is 17.1. The minimum Gasteiger partial charge on any atom is -0.180 e. The molecule has 0 radical (unpaired) electrons. The molecule has 0 aliphatic carbocycles. The van der Waals surface area contributed by atoms with Crippen molar-refractivity contribution in [2.45, 2.75) is 42.8 Å². The summed E-state index contributed by atoms with van der Waals surface area (Å²) in [5.74, 6) is 8.29. The van der Waals surface area contributed by atoms with E-state index in [2.05, 4.69) is 100 Å². The van der Waals surface area contributed by atoms with Crippen molar-refractivity contribution in [3.05, 3.63) is 0 Å². The van der Waals surface area contributed by atoms with Crippen molar-refractivity contribution in [3.8, 4) is 0 Å².